The van der Waals surface area contributed by atoms with Crippen molar-refractivity contribution < 1.29 is 19.2 Å². The first-order chi connectivity index (χ1) is 17.7. The van der Waals surface area contributed by atoms with Gasteiger partial charge in [0.2, 0.25) is 23.6 Å². The molecule has 1 fully saturated rings. The second kappa shape index (κ2) is 11.8. The summed E-state index contributed by atoms with van der Waals surface area (Å²) >= 11 is 0. The van der Waals surface area contributed by atoms with E-state index in [9.17, 15) is 19.2 Å². The molecule has 2 aromatic rings. The predicted molar refractivity (Wildman–Crippen MR) is 152 cm³/mol. The lowest BCUT2D eigenvalue weighted by Crippen LogP contribution is -2.32. The second-order valence-corrected chi connectivity index (χ2v) is 12.1. The number of carbonyl (C=O) groups excluding carboxylic acids is 4. The molecule has 8 nitrogen and oxygen atoms in total. The van der Waals surface area contributed by atoms with E-state index in [4.69, 9.17) is 0 Å². The molecule has 0 radical (unpaired) electrons. The summed E-state index contributed by atoms with van der Waals surface area (Å²) in [6.07, 6.45) is 2.47. The van der Waals surface area contributed by atoms with Gasteiger partial charge in [0.05, 0.1) is 0 Å². The molecule has 0 unspecified atom stereocenters. The van der Waals surface area contributed by atoms with Crippen molar-refractivity contribution in [2.75, 3.05) is 21.3 Å². The zero-order valence-corrected chi connectivity index (χ0v) is 23.2. The van der Waals surface area contributed by atoms with Crippen LogP contribution < -0.4 is 21.3 Å². The number of amides is 4. The largest absolute Gasteiger partial charge is 0.326 e. The fourth-order valence-corrected chi connectivity index (χ4v) is 4.09. The van der Waals surface area contributed by atoms with E-state index in [-0.39, 0.29) is 35.5 Å². The van der Waals surface area contributed by atoms with Crippen molar-refractivity contribution in [3.8, 4) is 0 Å². The van der Waals surface area contributed by atoms with Gasteiger partial charge in [0.25, 0.3) is 0 Å². The van der Waals surface area contributed by atoms with Gasteiger partial charge in [-0.1, -0.05) is 53.7 Å². The van der Waals surface area contributed by atoms with Crippen LogP contribution in [-0.4, -0.2) is 23.6 Å². The summed E-state index contributed by atoms with van der Waals surface area (Å²) < 4.78 is 0. The summed E-state index contributed by atoms with van der Waals surface area (Å²) in [7, 11) is 0. The van der Waals surface area contributed by atoms with Crippen LogP contribution in [0.3, 0.4) is 0 Å². The highest BCUT2D eigenvalue weighted by molar-refractivity contribution is 5.98. The molecule has 3 rings (SSSR count). The van der Waals surface area contributed by atoms with Crippen molar-refractivity contribution >= 4 is 46.4 Å². The number of benzene rings is 2. The Labute approximate surface area is 225 Å². The van der Waals surface area contributed by atoms with Crippen LogP contribution in [0, 0.1) is 22.7 Å². The molecule has 0 spiro atoms. The molecule has 0 aliphatic heterocycles. The topological polar surface area (TPSA) is 116 Å². The number of rotatable bonds is 6. The van der Waals surface area contributed by atoms with Crippen LogP contribution in [0.4, 0.5) is 22.7 Å². The Morgan fingerprint density at radius 3 is 1.13 bits per heavy atom. The highest BCUT2D eigenvalue weighted by atomic mass is 16.2. The van der Waals surface area contributed by atoms with Gasteiger partial charge in [0.1, 0.15) is 0 Å². The van der Waals surface area contributed by atoms with Crippen molar-refractivity contribution in [3.05, 3.63) is 48.5 Å². The van der Waals surface area contributed by atoms with E-state index in [0.29, 0.717) is 48.4 Å². The number of anilines is 4. The fourth-order valence-electron chi connectivity index (χ4n) is 4.09. The molecule has 0 bridgehead atoms. The number of nitrogens with one attached hydrogen (secondary N) is 4. The van der Waals surface area contributed by atoms with Crippen LogP contribution >= 0.6 is 0 Å². The van der Waals surface area contributed by atoms with Crippen LogP contribution in [0.1, 0.15) is 67.2 Å². The van der Waals surface area contributed by atoms with Crippen molar-refractivity contribution in [3.63, 3.8) is 0 Å². The van der Waals surface area contributed by atoms with Gasteiger partial charge in [-0.25, -0.2) is 0 Å². The predicted octanol–water partition coefficient (Wildman–Crippen LogP) is 6.04. The zero-order chi connectivity index (χ0) is 28.1. The SMILES string of the molecule is CC(C)(C)C(=O)Nc1cccc(NC(=O)C2CCC(C(=O)Nc3cccc(NC(=O)C(C)(C)C)c3)CC2)c1. The molecule has 204 valence electrons. The molecule has 1 aliphatic rings. The molecule has 1 aliphatic carbocycles. The monoisotopic (exact) mass is 520 g/mol. The summed E-state index contributed by atoms with van der Waals surface area (Å²) in [4.78, 5) is 50.3. The minimum Gasteiger partial charge on any atom is -0.326 e. The van der Waals surface area contributed by atoms with E-state index in [1.807, 2.05) is 41.5 Å². The maximum atomic E-state index is 12.9. The second-order valence-electron chi connectivity index (χ2n) is 12.1. The first-order valence-electron chi connectivity index (χ1n) is 13.2. The Morgan fingerprint density at radius 2 is 0.842 bits per heavy atom. The van der Waals surface area contributed by atoms with Crippen LogP contribution in [0.2, 0.25) is 0 Å². The van der Waals surface area contributed by atoms with E-state index < -0.39 is 10.8 Å². The third-order valence-electron chi connectivity index (χ3n) is 6.61. The van der Waals surface area contributed by atoms with E-state index in [0.717, 1.165) is 0 Å². The molecular weight excluding hydrogens is 480 g/mol. The Bertz CT molecular complexity index is 1090. The van der Waals surface area contributed by atoms with Gasteiger partial charge in [-0.05, 0) is 62.1 Å². The molecular formula is C30H40N4O4. The van der Waals surface area contributed by atoms with Crippen LogP contribution in [0.5, 0.6) is 0 Å². The summed E-state index contributed by atoms with van der Waals surface area (Å²) in [6, 6.07) is 14.2. The van der Waals surface area contributed by atoms with E-state index in [1.165, 1.54) is 0 Å². The standard InChI is InChI=1S/C30H40N4O4/c1-29(2,3)27(37)33-23-11-7-9-21(17-23)31-25(35)19-13-15-20(16-14-19)26(36)32-22-10-8-12-24(18-22)34-28(38)30(4,5)6/h7-12,17-20H,13-16H2,1-6H3,(H,31,35)(H,32,36)(H,33,37)(H,34,38). The minimum atomic E-state index is -0.519. The van der Waals surface area contributed by atoms with Crippen LogP contribution in [0.15, 0.2) is 48.5 Å². The number of hydrogen-bond donors (Lipinski definition) is 4. The van der Waals surface area contributed by atoms with Gasteiger partial charge in [-0.15, -0.1) is 0 Å². The molecule has 1 saturated carbocycles. The average molecular weight is 521 g/mol. The molecule has 0 atom stereocenters. The van der Waals surface area contributed by atoms with E-state index >= 15 is 0 Å². The van der Waals surface area contributed by atoms with Gasteiger partial charge in [0.15, 0.2) is 0 Å². The summed E-state index contributed by atoms with van der Waals surface area (Å²) in [5, 5.41) is 11.7. The third-order valence-corrected chi connectivity index (χ3v) is 6.61. The summed E-state index contributed by atoms with van der Waals surface area (Å²) in [5.74, 6) is -0.709. The molecule has 38 heavy (non-hydrogen) atoms. The van der Waals surface area contributed by atoms with Crippen molar-refractivity contribution in [2.24, 2.45) is 22.7 Å². The molecule has 4 N–H and O–H groups in total. The average Bonchev–Trinajstić information content (AvgIpc) is 2.83. The van der Waals surface area contributed by atoms with E-state index in [1.54, 1.807) is 48.5 Å². The Morgan fingerprint density at radius 1 is 0.553 bits per heavy atom. The van der Waals surface area contributed by atoms with Crippen molar-refractivity contribution in [1.82, 2.24) is 0 Å². The van der Waals surface area contributed by atoms with Gasteiger partial charge < -0.3 is 21.3 Å². The Balaban J connectivity index is 1.50. The maximum Gasteiger partial charge on any atom is 0.229 e. The molecule has 4 amide bonds. The third kappa shape index (κ3) is 8.16. The van der Waals surface area contributed by atoms with Gasteiger partial charge in [-0.2, -0.15) is 0 Å². The van der Waals surface area contributed by atoms with E-state index in [2.05, 4.69) is 21.3 Å². The Hall–Kier alpha value is -3.68. The first-order valence-corrected chi connectivity index (χ1v) is 13.2. The first kappa shape index (κ1) is 28.9. The van der Waals surface area contributed by atoms with Crippen LogP contribution in [-0.2, 0) is 19.2 Å². The zero-order valence-electron chi connectivity index (χ0n) is 23.2. The summed E-state index contributed by atoms with van der Waals surface area (Å²) in [6.45, 7) is 11.1. The summed E-state index contributed by atoms with van der Waals surface area (Å²) in [5.41, 5.74) is 1.47. The smallest absolute Gasteiger partial charge is 0.229 e. The van der Waals surface area contributed by atoms with Crippen molar-refractivity contribution in [1.29, 1.82) is 0 Å². The lowest BCUT2D eigenvalue weighted by molar-refractivity contribution is -0.125. The fraction of sp³-hybridized carbons (Fsp3) is 0.467. The van der Waals surface area contributed by atoms with Crippen molar-refractivity contribution in [2.45, 2.75) is 67.2 Å². The number of carbonyl (C=O) groups is 4. The molecule has 8 heteroatoms. The lowest BCUT2D eigenvalue weighted by Gasteiger charge is -2.27. The molecule has 0 heterocycles. The molecule has 0 saturated heterocycles. The minimum absolute atomic E-state index is 0.0783. The lowest BCUT2D eigenvalue weighted by atomic mass is 9.81. The van der Waals surface area contributed by atoms with Gasteiger partial charge in [-0.3, -0.25) is 19.2 Å². The Kier molecular flexibility index (Phi) is 8.97. The normalized spacial score (nSPS) is 17.7. The van der Waals surface area contributed by atoms with Crippen LogP contribution in [0.25, 0.3) is 0 Å². The highest BCUT2D eigenvalue weighted by Gasteiger charge is 2.30. The molecule has 0 aromatic heterocycles. The molecule has 2 aromatic carbocycles. The number of hydrogen-bond acceptors (Lipinski definition) is 4. The quantitative estimate of drug-likeness (QED) is 0.371. The highest BCUT2D eigenvalue weighted by Crippen LogP contribution is 2.31. The maximum absolute atomic E-state index is 12.9. The van der Waals surface area contributed by atoms with Gasteiger partial charge >= 0.3 is 0 Å². The van der Waals surface area contributed by atoms with Gasteiger partial charge in [0, 0.05) is 45.4 Å².